The number of piperidine rings is 1. The maximum Gasteiger partial charge on any atom is 0.206 e. The van der Waals surface area contributed by atoms with Crippen molar-refractivity contribution in [1.82, 2.24) is 14.8 Å². The molecule has 1 aromatic heterocycles. The molecule has 5 nitrogen and oxygen atoms in total. The first-order valence-corrected chi connectivity index (χ1v) is 10.4. The van der Waals surface area contributed by atoms with E-state index in [1.54, 1.807) is 12.4 Å². The van der Waals surface area contributed by atoms with E-state index in [1.807, 2.05) is 31.3 Å². The maximum atomic E-state index is 5.00. The number of hydrogen-bond donors (Lipinski definition) is 0. The molecule has 1 fully saturated rings. The summed E-state index contributed by atoms with van der Waals surface area (Å²) in [6, 6.07) is 14.4. The Labute approximate surface area is 179 Å². The molecule has 4 rings (SSSR count). The summed E-state index contributed by atoms with van der Waals surface area (Å²) in [5.41, 5.74) is 5.24. The Bertz CT molecular complexity index is 977. The average molecular weight is 400 g/mol. The van der Waals surface area contributed by atoms with E-state index >= 15 is 0 Å². The van der Waals surface area contributed by atoms with Crippen molar-refractivity contribution in [2.45, 2.75) is 12.8 Å². The van der Waals surface area contributed by atoms with Crippen LogP contribution in [0, 0.1) is 5.92 Å². The lowest BCUT2D eigenvalue weighted by atomic mass is 9.94. The predicted molar refractivity (Wildman–Crippen MR) is 125 cm³/mol. The second kappa shape index (κ2) is 8.57. The molecule has 0 amide bonds. The van der Waals surface area contributed by atoms with Crippen LogP contribution in [0.3, 0.4) is 0 Å². The Kier molecular flexibility index (Phi) is 5.70. The van der Waals surface area contributed by atoms with E-state index in [-0.39, 0.29) is 0 Å². The van der Waals surface area contributed by atoms with Gasteiger partial charge in [-0.15, -0.1) is 0 Å². The molecule has 30 heavy (non-hydrogen) atoms. The minimum Gasteiger partial charge on any atom is -0.348 e. The quantitative estimate of drug-likeness (QED) is 0.753. The van der Waals surface area contributed by atoms with Gasteiger partial charge in [0.05, 0.1) is 5.70 Å². The number of anilines is 1. The topological polar surface area (TPSA) is 35.0 Å². The van der Waals surface area contributed by atoms with Crippen LogP contribution in [-0.4, -0.2) is 47.9 Å². The summed E-state index contributed by atoms with van der Waals surface area (Å²) in [5.74, 6) is 1.33. The number of hydrogen-bond acceptors (Lipinski definition) is 5. The third kappa shape index (κ3) is 4.01. The molecule has 0 aliphatic carbocycles. The van der Waals surface area contributed by atoms with Crippen molar-refractivity contribution in [3.63, 3.8) is 0 Å². The van der Waals surface area contributed by atoms with E-state index in [0.717, 1.165) is 54.5 Å². The van der Waals surface area contributed by atoms with Gasteiger partial charge < -0.3 is 14.7 Å². The summed E-state index contributed by atoms with van der Waals surface area (Å²) in [5, 5.41) is 0. The van der Waals surface area contributed by atoms with Gasteiger partial charge in [0.2, 0.25) is 5.96 Å². The zero-order valence-electron chi connectivity index (χ0n) is 17.8. The minimum absolute atomic E-state index is 0.378. The van der Waals surface area contributed by atoms with Crippen LogP contribution in [0.2, 0.25) is 0 Å². The van der Waals surface area contributed by atoms with Gasteiger partial charge in [0, 0.05) is 68.1 Å². The molecule has 0 radical (unpaired) electrons. The summed E-state index contributed by atoms with van der Waals surface area (Å²) in [6.45, 7) is 10.6. The van der Waals surface area contributed by atoms with Crippen LogP contribution < -0.4 is 4.90 Å². The average Bonchev–Trinajstić information content (AvgIpc) is 2.81. The van der Waals surface area contributed by atoms with Crippen LogP contribution in [0.25, 0.3) is 5.70 Å². The lowest BCUT2D eigenvalue weighted by molar-refractivity contribution is 0.261. The Morgan fingerprint density at radius 3 is 2.60 bits per heavy atom. The number of benzene rings is 1. The molecule has 2 aromatic rings. The number of likely N-dealkylation sites (N-methyl/N-ethyl adjacent to an activating group) is 1. The Morgan fingerprint density at radius 1 is 1.13 bits per heavy atom. The number of aliphatic imine (C=N–C) groups is 1. The summed E-state index contributed by atoms with van der Waals surface area (Å²) < 4.78 is 0. The van der Waals surface area contributed by atoms with Crippen LogP contribution >= 0.6 is 0 Å². The number of aromatic nitrogens is 1. The highest BCUT2D eigenvalue weighted by atomic mass is 15.4. The van der Waals surface area contributed by atoms with E-state index in [2.05, 4.69) is 64.2 Å². The van der Waals surface area contributed by atoms with E-state index in [4.69, 9.17) is 4.99 Å². The molecule has 2 aliphatic heterocycles. The summed E-state index contributed by atoms with van der Waals surface area (Å²) in [7, 11) is 4.14. The zero-order valence-corrected chi connectivity index (χ0v) is 17.8. The largest absolute Gasteiger partial charge is 0.348 e. The summed E-state index contributed by atoms with van der Waals surface area (Å²) >= 11 is 0. The molecule has 0 bridgehead atoms. The van der Waals surface area contributed by atoms with Gasteiger partial charge in [-0.05, 0) is 43.2 Å². The van der Waals surface area contributed by atoms with Gasteiger partial charge in [-0.3, -0.25) is 4.98 Å². The fraction of sp³-hybridized carbons (Fsp3) is 0.280. The fourth-order valence-electron chi connectivity index (χ4n) is 4.07. The lowest BCUT2D eigenvalue weighted by Crippen LogP contribution is -2.48. The van der Waals surface area contributed by atoms with E-state index in [1.165, 1.54) is 5.69 Å². The molecule has 5 heteroatoms. The fourth-order valence-corrected chi connectivity index (χ4v) is 4.07. The molecule has 1 saturated heterocycles. The first-order chi connectivity index (χ1) is 14.5. The monoisotopic (exact) mass is 399 g/mol. The second-order valence-electron chi connectivity index (χ2n) is 7.90. The number of nitrogens with zero attached hydrogens (tertiary/aromatic N) is 5. The smallest absolute Gasteiger partial charge is 0.206 e. The molecule has 0 saturated carbocycles. The van der Waals surface area contributed by atoms with Crippen molar-refractivity contribution in [2.24, 2.45) is 10.9 Å². The number of para-hydroxylation sites is 1. The van der Waals surface area contributed by atoms with Crippen LogP contribution in [0.5, 0.6) is 0 Å². The Balaban J connectivity index is 1.55. The molecule has 154 valence electrons. The van der Waals surface area contributed by atoms with E-state index in [0.29, 0.717) is 5.92 Å². The Hall–Kier alpha value is -3.34. The van der Waals surface area contributed by atoms with Crippen molar-refractivity contribution in [2.75, 3.05) is 32.1 Å². The van der Waals surface area contributed by atoms with E-state index < -0.39 is 0 Å². The highest BCUT2D eigenvalue weighted by Gasteiger charge is 2.29. The number of pyridine rings is 1. The third-order valence-electron chi connectivity index (χ3n) is 5.98. The molecule has 1 atom stereocenters. The van der Waals surface area contributed by atoms with Gasteiger partial charge in [-0.1, -0.05) is 31.4 Å². The summed E-state index contributed by atoms with van der Waals surface area (Å²) in [4.78, 5) is 15.8. The number of allylic oxidation sites excluding steroid dienone is 1. The molecule has 3 heterocycles. The van der Waals surface area contributed by atoms with Crippen LogP contribution in [-0.2, 0) is 0 Å². The standard InChI is InChI=1S/C25H29N5/c1-19-17-24(21-12-14-26-15-13-21)27-25(28(19)3)30-16-8-9-22(18-30)20(2)29(4)23-10-6-5-7-11-23/h5-7,10-15,17,22H,1-2,8-9,16,18H2,3-4H3. The molecule has 0 spiro atoms. The van der Waals surface area contributed by atoms with Gasteiger partial charge in [-0.2, -0.15) is 0 Å². The van der Waals surface area contributed by atoms with Gasteiger partial charge in [0.25, 0.3) is 0 Å². The second-order valence-corrected chi connectivity index (χ2v) is 7.90. The Morgan fingerprint density at radius 2 is 1.87 bits per heavy atom. The molecule has 0 N–H and O–H groups in total. The normalized spacial score (nSPS) is 19.3. The van der Waals surface area contributed by atoms with Crippen molar-refractivity contribution >= 4 is 17.3 Å². The van der Waals surface area contributed by atoms with Crippen molar-refractivity contribution < 1.29 is 0 Å². The van der Waals surface area contributed by atoms with E-state index in [9.17, 15) is 0 Å². The predicted octanol–water partition coefficient (Wildman–Crippen LogP) is 4.60. The van der Waals surface area contributed by atoms with Gasteiger partial charge >= 0.3 is 0 Å². The molecule has 2 aliphatic rings. The summed E-state index contributed by atoms with van der Waals surface area (Å²) in [6.07, 6.45) is 7.87. The van der Waals surface area contributed by atoms with Crippen molar-refractivity contribution in [1.29, 1.82) is 0 Å². The minimum atomic E-state index is 0.378. The zero-order chi connectivity index (χ0) is 21.1. The maximum absolute atomic E-state index is 5.00. The molecular weight excluding hydrogens is 370 g/mol. The number of guanidine groups is 1. The highest BCUT2D eigenvalue weighted by molar-refractivity contribution is 5.91. The van der Waals surface area contributed by atoms with Gasteiger partial charge in [-0.25, -0.2) is 4.99 Å². The van der Waals surface area contributed by atoms with Crippen LogP contribution in [0.15, 0.2) is 90.5 Å². The van der Waals surface area contributed by atoms with Gasteiger partial charge in [0.1, 0.15) is 0 Å². The third-order valence-corrected chi connectivity index (χ3v) is 5.98. The molecular formula is C25H29N5. The van der Waals surface area contributed by atoms with Crippen molar-refractivity contribution in [3.8, 4) is 0 Å². The molecule has 1 aromatic carbocycles. The van der Waals surface area contributed by atoms with Crippen LogP contribution in [0.1, 0.15) is 18.4 Å². The number of rotatable bonds is 4. The highest BCUT2D eigenvalue weighted by Crippen LogP contribution is 2.30. The lowest BCUT2D eigenvalue weighted by Gasteiger charge is -2.41. The van der Waals surface area contributed by atoms with Crippen LogP contribution in [0.4, 0.5) is 5.69 Å². The number of likely N-dealkylation sites (tertiary alicyclic amines) is 1. The van der Waals surface area contributed by atoms with Crippen molar-refractivity contribution in [3.05, 3.63) is 91.0 Å². The SMILES string of the molecule is C=C1C=C(c2ccncc2)N=C(N2CCCC(C(=C)N(C)c3ccccc3)C2)N1C. The van der Waals surface area contributed by atoms with Gasteiger partial charge in [0.15, 0.2) is 0 Å². The first kappa shape index (κ1) is 20.0. The first-order valence-electron chi connectivity index (χ1n) is 10.4. The molecule has 1 unspecified atom stereocenters.